The molecule has 0 fully saturated rings. The van der Waals surface area contributed by atoms with E-state index in [-0.39, 0.29) is 5.91 Å². The second-order valence-corrected chi connectivity index (χ2v) is 7.43. The molecule has 0 spiro atoms. The van der Waals surface area contributed by atoms with Crippen LogP contribution in [-0.4, -0.2) is 17.4 Å². The molecule has 0 radical (unpaired) electrons. The summed E-state index contributed by atoms with van der Waals surface area (Å²) < 4.78 is 1.02. The van der Waals surface area contributed by atoms with Gasteiger partial charge in [-0.2, -0.15) is 0 Å². The highest BCUT2D eigenvalue weighted by molar-refractivity contribution is 9.10. The molecule has 0 saturated heterocycles. The molecule has 0 aliphatic heterocycles. The Morgan fingerprint density at radius 1 is 1.12 bits per heavy atom. The van der Waals surface area contributed by atoms with Crippen molar-refractivity contribution in [2.24, 2.45) is 5.92 Å². The third kappa shape index (κ3) is 4.26. The van der Waals surface area contributed by atoms with Crippen molar-refractivity contribution in [1.29, 1.82) is 0 Å². The van der Waals surface area contributed by atoms with Crippen molar-refractivity contribution in [3.05, 3.63) is 64.6 Å². The maximum atomic E-state index is 12.7. The van der Waals surface area contributed by atoms with E-state index in [9.17, 15) is 4.79 Å². The van der Waals surface area contributed by atoms with E-state index in [1.165, 1.54) is 0 Å². The van der Waals surface area contributed by atoms with E-state index in [1.807, 2.05) is 54.6 Å². The van der Waals surface area contributed by atoms with E-state index in [4.69, 9.17) is 4.98 Å². The molecule has 0 saturated carbocycles. The summed E-state index contributed by atoms with van der Waals surface area (Å²) in [4.78, 5) is 17.5. The van der Waals surface area contributed by atoms with Crippen molar-refractivity contribution >= 4 is 32.7 Å². The van der Waals surface area contributed by atoms with Gasteiger partial charge in [-0.1, -0.05) is 60.1 Å². The lowest BCUT2D eigenvalue weighted by Gasteiger charge is -2.11. The van der Waals surface area contributed by atoms with E-state index in [2.05, 4.69) is 35.1 Å². The minimum atomic E-state index is -0.0439. The number of fused-ring (bicyclic) bond motifs is 1. The molecule has 3 rings (SSSR count). The molecule has 2 aromatic carbocycles. The van der Waals surface area contributed by atoms with Crippen molar-refractivity contribution < 1.29 is 4.79 Å². The molecule has 3 aromatic rings. The molecule has 0 aliphatic carbocycles. The Balaban J connectivity index is 2.00. The van der Waals surface area contributed by atoms with Crippen LogP contribution in [0.5, 0.6) is 0 Å². The highest BCUT2D eigenvalue weighted by Gasteiger charge is 2.13. The number of benzene rings is 2. The summed E-state index contributed by atoms with van der Waals surface area (Å²) >= 11 is 3.45. The summed E-state index contributed by atoms with van der Waals surface area (Å²) in [5.74, 6) is 0.519. The summed E-state index contributed by atoms with van der Waals surface area (Å²) in [6, 6.07) is 17.6. The van der Waals surface area contributed by atoms with Gasteiger partial charge < -0.3 is 5.32 Å². The highest BCUT2D eigenvalue weighted by Crippen LogP contribution is 2.26. The number of hydrogen-bond donors (Lipinski definition) is 1. The summed E-state index contributed by atoms with van der Waals surface area (Å²) in [6.07, 6.45) is 0.967. The van der Waals surface area contributed by atoms with Crippen molar-refractivity contribution in [2.45, 2.75) is 20.3 Å². The number of pyridine rings is 1. The first kappa shape index (κ1) is 17.6. The number of carbonyl (C=O) groups is 1. The van der Waals surface area contributed by atoms with Crippen LogP contribution in [0.1, 0.15) is 30.6 Å². The van der Waals surface area contributed by atoms with Crippen LogP contribution < -0.4 is 5.32 Å². The van der Waals surface area contributed by atoms with E-state index in [0.717, 1.165) is 33.1 Å². The predicted octanol–water partition coefficient (Wildman–Crippen LogP) is 5.44. The number of nitrogens with zero attached hydrogens (tertiary/aromatic N) is 1. The van der Waals surface area contributed by atoms with Crippen LogP contribution in [0, 0.1) is 5.92 Å². The molecule has 1 heterocycles. The normalized spacial score (nSPS) is 11.0. The number of hydrogen-bond acceptors (Lipinski definition) is 2. The average molecular weight is 397 g/mol. The maximum absolute atomic E-state index is 12.7. The Morgan fingerprint density at radius 3 is 2.56 bits per heavy atom. The quantitative estimate of drug-likeness (QED) is 0.623. The van der Waals surface area contributed by atoms with Crippen LogP contribution in [0.2, 0.25) is 0 Å². The first-order valence-corrected chi connectivity index (χ1v) is 9.28. The molecule has 0 atom stereocenters. The Hall–Kier alpha value is -2.20. The Kier molecular flexibility index (Phi) is 5.49. The van der Waals surface area contributed by atoms with Crippen LogP contribution in [0.4, 0.5) is 0 Å². The Labute approximate surface area is 156 Å². The zero-order chi connectivity index (χ0) is 17.8. The third-order valence-corrected chi connectivity index (χ3v) is 4.64. The van der Waals surface area contributed by atoms with Gasteiger partial charge in [0.15, 0.2) is 0 Å². The molecule has 1 N–H and O–H groups in total. The molecule has 0 aliphatic rings. The fourth-order valence-electron chi connectivity index (χ4n) is 2.70. The van der Waals surface area contributed by atoms with Gasteiger partial charge in [0.2, 0.25) is 0 Å². The second-order valence-electron chi connectivity index (χ2n) is 6.52. The van der Waals surface area contributed by atoms with Gasteiger partial charge in [-0.15, -0.1) is 0 Å². The van der Waals surface area contributed by atoms with Gasteiger partial charge in [-0.25, -0.2) is 4.98 Å². The minimum absolute atomic E-state index is 0.0439. The molecule has 128 valence electrons. The molecule has 1 aromatic heterocycles. The van der Waals surface area contributed by atoms with E-state index in [1.54, 1.807) is 0 Å². The highest BCUT2D eigenvalue weighted by atomic mass is 79.9. The van der Waals surface area contributed by atoms with Crippen LogP contribution in [-0.2, 0) is 0 Å². The number of rotatable bonds is 5. The van der Waals surface area contributed by atoms with E-state index >= 15 is 0 Å². The van der Waals surface area contributed by atoms with Gasteiger partial charge >= 0.3 is 0 Å². The zero-order valence-corrected chi connectivity index (χ0v) is 16.0. The fourth-order valence-corrected chi connectivity index (χ4v) is 2.97. The summed E-state index contributed by atoms with van der Waals surface area (Å²) in [6.45, 7) is 4.99. The van der Waals surface area contributed by atoms with Gasteiger partial charge in [0.25, 0.3) is 5.91 Å². The molecular formula is C21H21BrN2O. The average Bonchev–Trinajstić information content (AvgIpc) is 2.61. The van der Waals surface area contributed by atoms with Crippen molar-refractivity contribution in [3.63, 3.8) is 0 Å². The number of aromatic nitrogens is 1. The lowest BCUT2D eigenvalue weighted by atomic mass is 10.0. The number of para-hydroxylation sites is 1. The molecule has 4 heteroatoms. The lowest BCUT2D eigenvalue weighted by molar-refractivity contribution is 0.0953. The largest absolute Gasteiger partial charge is 0.352 e. The van der Waals surface area contributed by atoms with Gasteiger partial charge in [0.1, 0.15) is 0 Å². The SMILES string of the molecule is CC(C)CCNC(=O)c1cc(-c2ccc(Br)cc2)nc2ccccc12. The monoisotopic (exact) mass is 396 g/mol. The lowest BCUT2D eigenvalue weighted by Crippen LogP contribution is -2.25. The molecule has 0 unspecified atom stereocenters. The number of halogens is 1. The van der Waals surface area contributed by atoms with Gasteiger partial charge in [0, 0.05) is 22.0 Å². The van der Waals surface area contributed by atoms with Crippen LogP contribution >= 0.6 is 15.9 Å². The molecule has 1 amide bonds. The second kappa shape index (κ2) is 7.79. The smallest absolute Gasteiger partial charge is 0.252 e. The summed E-state index contributed by atoms with van der Waals surface area (Å²) in [5.41, 5.74) is 3.30. The number of amides is 1. The van der Waals surface area contributed by atoms with Crippen molar-refractivity contribution in [2.75, 3.05) is 6.54 Å². The molecule has 0 bridgehead atoms. The number of nitrogens with one attached hydrogen (secondary N) is 1. The van der Waals surface area contributed by atoms with Crippen LogP contribution in [0.15, 0.2) is 59.1 Å². The molecular weight excluding hydrogens is 376 g/mol. The van der Waals surface area contributed by atoms with E-state index < -0.39 is 0 Å². The molecule has 3 nitrogen and oxygen atoms in total. The van der Waals surface area contributed by atoms with Crippen molar-refractivity contribution in [1.82, 2.24) is 10.3 Å². The summed E-state index contributed by atoms with van der Waals surface area (Å²) in [7, 11) is 0. The Morgan fingerprint density at radius 2 is 1.84 bits per heavy atom. The van der Waals surface area contributed by atoms with Crippen LogP contribution in [0.25, 0.3) is 22.2 Å². The van der Waals surface area contributed by atoms with Crippen LogP contribution in [0.3, 0.4) is 0 Å². The molecule has 25 heavy (non-hydrogen) atoms. The first-order valence-electron chi connectivity index (χ1n) is 8.48. The summed E-state index contributed by atoms with van der Waals surface area (Å²) in [5, 5.41) is 3.92. The predicted molar refractivity (Wildman–Crippen MR) is 107 cm³/mol. The fraction of sp³-hybridized carbons (Fsp3) is 0.238. The maximum Gasteiger partial charge on any atom is 0.252 e. The van der Waals surface area contributed by atoms with E-state index in [0.29, 0.717) is 18.0 Å². The standard InChI is InChI=1S/C21H21BrN2O/c1-14(2)11-12-23-21(25)18-13-20(15-7-9-16(22)10-8-15)24-19-6-4-3-5-17(18)19/h3-10,13-14H,11-12H2,1-2H3,(H,23,25). The minimum Gasteiger partial charge on any atom is -0.352 e. The van der Waals surface area contributed by atoms with Gasteiger partial charge in [0.05, 0.1) is 16.8 Å². The zero-order valence-electron chi connectivity index (χ0n) is 14.4. The first-order chi connectivity index (χ1) is 12.0. The topological polar surface area (TPSA) is 42.0 Å². The Bertz CT molecular complexity index is 888. The van der Waals surface area contributed by atoms with Gasteiger partial charge in [-0.05, 0) is 36.6 Å². The third-order valence-electron chi connectivity index (χ3n) is 4.11. The number of carbonyl (C=O) groups excluding carboxylic acids is 1. The van der Waals surface area contributed by atoms with Crippen molar-refractivity contribution in [3.8, 4) is 11.3 Å². The van der Waals surface area contributed by atoms with Gasteiger partial charge in [-0.3, -0.25) is 4.79 Å².